The van der Waals surface area contributed by atoms with Crippen molar-refractivity contribution in [3.63, 3.8) is 0 Å². The number of hydrogen-bond donors (Lipinski definition) is 2. The average molecular weight is 270 g/mol. The molecule has 0 saturated carbocycles. The van der Waals surface area contributed by atoms with Crippen molar-refractivity contribution in [3.8, 4) is 11.8 Å². The molecule has 0 aromatic carbocycles. The molecule has 2 aromatic heterocycles. The molecule has 0 bridgehead atoms. The number of aliphatic hydroxyl groups is 1. The number of rotatable bonds is 3. The predicted molar refractivity (Wildman–Crippen MR) is 74.2 cm³/mol. The molecule has 0 spiro atoms. The van der Waals surface area contributed by atoms with Crippen molar-refractivity contribution in [1.29, 1.82) is 0 Å². The summed E-state index contributed by atoms with van der Waals surface area (Å²) in [6.45, 7) is 1.74. The highest BCUT2D eigenvalue weighted by Crippen LogP contribution is 2.12. The molecular weight excluding hydrogens is 256 g/mol. The maximum atomic E-state index is 12.0. The Kier molecular flexibility index (Phi) is 4.53. The number of carbonyl (C=O) groups is 1. The number of furan rings is 1. The van der Waals surface area contributed by atoms with Gasteiger partial charge in [0.25, 0.3) is 5.91 Å². The summed E-state index contributed by atoms with van der Waals surface area (Å²) in [5.41, 5.74) is 1.02. The molecule has 5 heteroatoms. The summed E-state index contributed by atoms with van der Waals surface area (Å²) in [5.74, 6) is 6.30. The Morgan fingerprint density at radius 3 is 3.00 bits per heavy atom. The standard InChI is InChI=1S/C15H14N2O3/c1-11-13(8-10-20-11)15(19)17-14-7-4-6-12(16-14)5-2-3-9-18/h4,6-8,10,18H,3,9H2,1H3,(H,16,17,19). The molecule has 2 aromatic rings. The summed E-state index contributed by atoms with van der Waals surface area (Å²) in [6.07, 6.45) is 1.86. The van der Waals surface area contributed by atoms with Crippen LogP contribution >= 0.6 is 0 Å². The van der Waals surface area contributed by atoms with Gasteiger partial charge < -0.3 is 14.8 Å². The second kappa shape index (κ2) is 6.55. The highest BCUT2D eigenvalue weighted by molar-refractivity contribution is 6.04. The molecule has 0 radical (unpaired) electrons. The first-order valence-corrected chi connectivity index (χ1v) is 6.13. The second-order valence-electron chi connectivity index (χ2n) is 4.03. The number of carbonyl (C=O) groups excluding carboxylic acids is 1. The summed E-state index contributed by atoms with van der Waals surface area (Å²) < 4.78 is 5.09. The van der Waals surface area contributed by atoms with Crippen LogP contribution in [0.1, 0.15) is 28.2 Å². The fourth-order valence-corrected chi connectivity index (χ4v) is 1.59. The molecule has 0 aliphatic rings. The van der Waals surface area contributed by atoms with Gasteiger partial charge in [-0.2, -0.15) is 0 Å². The molecule has 2 rings (SSSR count). The van der Waals surface area contributed by atoms with E-state index in [4.69, 9.17) is 9.52 Å². The molecule has 5 nitrogen and oxygen atoms in total. The lowest BCUT2D eigenvalue weighted by Crippen LogP contribution is -2.13. The normalized spacial score (nSPS) is 9.70. The average Bonchev–Trinajstić information content (AvgIpc) is 2.86. The Morgan fingerprint density at radius 1 is 1.45 bits per heavy atom. The Morgan fingerprint density at radius 2 is 2.30 bits per heavy atom. The van der Waals surface area contributed by atoms with Crippen LogP contribution in [0, 0.1) is 18.8 Å². The third kappa shape index (κ3) is 3.46. The largest absolute Gasteiger partial charge is 0.469 e. The molecule has 0 aliphatic carbocycles. The van der Waals surface area contributed by atoms with Gasteiger partial charge in [-0.05, 0) is 31.0 Å². The molecule has 2 heterocycles. The van der Waals surface area contributed by atoms with E-state index in [1.54, 1.807) is 31.2 Å². The van der Waals surface area contributed by atoms with E-state index in [0.717, 1.165) is 0 Å². The molecule has 2 N–H and O–H groups in total. The minimum Gasteiger partial charge on any atom is -0.469 e. The van der Waals surface area contributed by atoms with Crippen molar-refractivity contribution < 1.29 is 14.3 Å². The van der Waals surface area contributed by atoms with Crippen molar-refractivity contribution in [2.24, 2.45) is 0 Å². The molecule has 1 amide bonds. The third-order valence-corrected chi connectivity index (χ3v) is 2.55. The van der Waals surface area contributed by atoms with Crippen LogP contribution in [-0.2, 0) is 0 Å². The number of nitrogens with zero attached hydrogens (tertiary/aromatic N) is 1. The Bertz CT molecular complexity index is 665. The summed E-state index contributed by atoms with van der Waals surface area (Å²) in [7, 11) is 0. The lowest BCUT2D eigenvalue weighted by Gasteiger charge is -2.03. The number of aromatic nitrogens is 1. The number of amides is 1. The summed E-state index contributed by atoms with van der Waals surface area (Å²) in [4.78, 5) is 16.2. The number of aryl methyl sites for hydroxylation is 1. The van der Waals surface area contributed by atoms with Gasteiger partial charge in [0.1, 0.15) is 17.3 Å². The zero-order valence-corrected chi connectivity index (χ0v) is 11.0. The first-order chi connectivity index (χ1) is 9.70. The Labute approximate surface area is 116 Å². The lowest BCUT2D eigenvalue weighted by molar-refractivity contribution is 0.102. The van der Waals surface area contributed by atoms with Crippen molar-refractivity contribution >= 4 is 11.7 Å². The Balaban J connectivity index is 2.11. The monoisotopic (exact) mass is 270 g/mol. The van der Waals surface area contributed by atoms with E-state index >= 15 is 0 Å². The van der Waals surface area contributed by atoms with E-state index in [-0.39, 0.29) is 12.5 Å². The number of hydrogen-bond acceptors (Lipinski definition) is 4. The second-order valence-corrected chi connectivity index (χ2v) is 4.03. The number of anilines is 1. The van der Waals surface area contributed by atoms with E-state index in [1.807, 2.05) is 0 Å². The molecule has 20 heavy (non-hydrogen) atoms. The SMILES string of the molecule is Cc1occc1C(=O)Nc1cccc(C#CCCO)n1. The number of nitrogens with one attached hydrogen (secondary N) is 1. The predicted octanol–water partition coefficient (Wildman–Crippen LogP) is 1.97. The van der Waals surface area contributed by atoms with Crippen LogP contribution in [-0.4, -0.2) is 22.6 Å². The van der Waals surface area contributed by atoms with E-state index < -0.39 is 0 Å². The zero-order valence-electron chi connectivity index (χ0n) is 11.0. The van der Waals surface area contributed by atoms with Crippen LogP contribution in [0.2, 0.25) is 0 Å². The molecule has 0 unspecified atom stereocenters. The zero-order chi connectivity index (χ0) is 14.4. The molecular formula is C15H14N2O3. The summed E-state index contributed by atoms with van der Waals surface area (Å²) >= 11 is 0. The van der Waals surface area contributed by atoms with Crippen molar-refractivity contribution in [2.45, 2.75) is 13.3 Å². The van der Waals surface area contributed by atoms with Gasteiger partial charge in [-0.1, -0.05) is 12.0 Å². The molecule has 102 valence electrons. The van der Waals surface area contributed by atoms with E-state index in [0.29, 0.717) is 29.3 Å². The maximum absolute atomic E-state index is 12.0. The van der Waals surface area contributed by atoms with Gasteiger partial charge in [0.05, 0.1) is 18.4 Å². The molecule has 0 saturated heterocycles. The highest BCUT2D eigenvalue weighted by atomic mass is 16.3. The van der Waals surface area contributed by atoms with Gasteiger partial charge in [0.15, 0.2) is 0 Å². The van der Waals surface area contributed by atoms with Crippen molar-refractivity contribution in [3.05, 3.63) is 47.5 Å². The van der Waals surface area contributed by atoms with Gasteiger partial charge in [0.2, 0.25) is 0 Å². The minimum absolute atomic E-state index is 0.0171. The first-order valence-electron chi connectivity index (χ1n) is 6.13. The topological polar surface area (TPSA) is 75.4 Å². The van der Waals surface area contributed by atoms with Crippen LogP contribution in [0.5, 0.6) is 0 Å². The van der Waals surface area contributed by atoms with Crippen molar-refractivity contribution in [2.75, 3.05) is 11.9 Å². The van der Waals surface area contributed by atoms with Crippen LogP contribution < -0.4 is 5.32 Å². The van der Waals surface area contributed by atoms with Gasteiger partial charge in [-0.3, -0.25) is 4.79 Å². The van der Waals surface area contributed by atoms with Crippen molar-refractivity contribution in [1.82, 2.24) is 4.98 Å². The maximum Gasteiger partial charge on any atom is 0.260 e. The third-order valence-electron chi connectivity index (χ3n) is 2.55. The van der Waals surface area contributed by atoms with E-state index in [9.17, 15) is 4.79 Å². The van der Waals surface area contributed by atoms with Crippen LogP contribution in [0.15, 0.2) is 34.9 Å². The van der Waals surface area contributed by atoms with Gasteiger partial charge in [-0.15, -0.1) is 0 Å². The summed E-state index contributed by atoms with van der Waals surface area (Å²) in [6, 6.07) is 6.79. The van der Waals surface area contributed by atoms with E-state index in [1.165, 1.54) is 6.26 Å². The minimum atomic E-state index is -0.274. The molecule has 0 aliphatic heterocycles. The molecule has 0 fully saturated rings. The van der Waals surface area contributed by atoms with E-state index in [2.05, 4.69) is 22.1 Å². The quantitative estimate of drug-likeness (QED) is 0.836. The molecule has 0 atom stereocenters. The van der Waals surface area contributed by atoms with Crippen LogP contribution in [0.3, 0.4) is 0 Å². The van der Waals surface area contributed by atoms with Gasteiger partial charge in [0, 0.05) is 6.42 Å². The fourth-order valence-electron chi connectivity index (χ4n) is 1.59. The Hall–Kier alpha value is -2.58. The number of aliphatic hydroxyl groups excluding tert-OH is 1. The van der Waals surface area contributed by atoms with Gasteiger partial charge >= 0.3 is 0 Å². The van der Waals surface area contributed by atoms with Gasteiger partial charge in [-0.25, -0.2) is 4.98 Å². The smallest absolute Gasteiger partial charge is 0.260 e. The van der Waals surface area contributed by atoms with Crippen LogP contribution in [0.4, 0.5) is 5.82 Å². The van der Waals surface area contributed by atoms with Crippen LogP contribution in [0.25, 0.3) is 0 Å². The summed E-state index contributed by atoms with van der Waals surface area (Å²) in [5, 5.41) is 11.3. The number of pyridine rings is 1. The first kappa shape index (κ1) is 13.8. The highest BCUT2D eigenvalue weighted by Gasteiger charge is 2.11. The lowest BCUT2D eigenvalue weighted by atomic mass is 10.2. The fraction of sp³-hybridized carbons (Fsp3) is 0.200.